The lowest BCUT2D eigenvalue weighted by atomic mass is 10.3. The molecule has 0 bridgehead atoms. The van der Waals surface area contributed by atoms with Gasteiger partial charge in [0.2, 0.25) is 5.95 Å². The van der Waals surface area contributed by atoms with E-state index < -0.39 is 17.3 Å². The average molecular weight is 494 g/mol. The number of hydrogen-bond donors (Lipinski definition) is 2. The molecule has 5 aromatic rings. The highest BCUT2D eigenvalue weighted by atomic mass is 35.5. The van der Waals surface area contributed by atoms with E-state index in [-0.39, 0.29) is 23.8 Å². The number of carbonyl (C=O) groups excluding carboxylic acids is 1. The Hall–Kier alpha value is -4.51. The molecule has 0 fully saturated rings. The molecular weight excluding hydrogens is 477 g/mol. The highest BCUT2D eigenvalue weighted by Crippen LogP contribution is 2.19. The van der Waals surface area contributed by atoms with Crippen LogP contribution >= 0.6 is 11.6 Å². The van der Waals surface area contributed by atoms with Crippen molar-refractivity contribution in [3.8, 4) is 17.4 Å². The van der Waals surface area contributed by atoms with Gasteiger partial charge in [0.15, 0.2) is 12.3 Å². The third-order valence-corrected chi connectivity index (χ3v) is 5.23. The number of rotatable bonds is 6. The van der Waals surface area contributed by atoms with Gasteiger partial charge in [0.1, 0.15) is 22.8 Å². The quantitative estimate of drug-likeness (QED) is 0.374. The number of aromatic nitrogens is 6. The molecule has 0 saturated carbocycles. The molecule has 0 radical (unpaired) electrons. The van der Waals surface area contributed by atoms with Gasteiger partial charge in [-0.1, -0.05) is 11.6 Å². The van der Waals surface area contributed by atoms with Gasteiger partial charge in [0.05, 0.1) is 17.6 Å². The molecule has 0 spiro atoms. The maximum Gasteiger partial charge on any atom is 0.263 e. The predicted octanol–water partition coefficient (Wildman–Crippen LogP) is 3.41. The Morgan fingerprint density at radius 1 is 1.14 bits per heavy atom. The van der Waals surface area contributed by atoms with Gasteiger partial charge in [0, 0.05) is 11.1 Å². The van der Waals surface area contributed by atoms with Crippen molar-refractivity contribution in [2.45, 2.75) is 6.92 Å². The van der Waals surface area contributed by atoms with E-state index in [9.17, 15) is 14.0 Å². The first-order chi connectivity index (χ1) is 16.9. The topological polar surface area (TPSA) is 120 Å². The Morgan fingerprint density at radius 3 is 2.63 bits per heavy atom. The predicted molar refractivity (Wildman–Crippen MR) is 127 cm³/mol. The summed E-state index contributed by atoms with van der Waals surface area (Å²) in [7, 11) is 0. The number of halogens is 2. The molecule has 2 aromatic carbocycles. The highest BCUT2D eigenvalue weighted by molar-refractivity contribution is 6.30. The van der Waals surface area contributed by atoms with E-state index in [4.69, 9.17) is 16.3 Å². The van der Waals surface area contributed by atoms with Crippen LogP contribution in [0.3, 0.4) is 0 Å². The first-order valence-corrected chi connectivity index (χ1v) is 10.7. The summed E-state index contributed by atoms with van der Waals surface area (Å²) in [6.07, 6.45) is 1.42. The first kappa shape index (κ1) is 22.3. The molecule has 2 N–H and O–H groups in total. The molecule has 5 rings (SSSR count). The molecule has 176 valence electrons. The number of aromatic amines is 1. The zero-order valence-corrected chi connectivity index (χ0v) is 19.0. The van der Waals surface area contributed by atoms with E-state index >= 15 is 0 Å². The lowest BCUT2D eigenvalue weighted by Gasteiger charge is -2.10. The largest absolute Gasteiger partial charge is 0.484 e. The molecule has 0 aliphatic rings. The fourth-order valence-corrected chi connectivity index (χ4v) is 3.51. The minimum atomic E-state index is -0.481. The lowest BCUT2D eigenvalue weighted by Crippen LogP contribution is -2.23. The number of amides is 1. The van der Waals surface area contributed by atoms with Crippen LogP contribution < -0.4 is 15.6 Å². The molecule has 12 heteroatoms. The molecule has 10 nitrogen and oxygen atoms in total. The van der Waals surface area contributed by atoms with Gasteiger partial charge < -0.3 is 10.1 Å². The van der Waals surface area contributed by atoms with Crippen LogP contribution in [0.4, 0.5) is 10.2 Å². The van der Waals surface area contributed by atoms with Crippen LogP contribution in [0.1, 0.15) is 5.69 Å². The smallest absolute Gasteiger partial charge is 0.263 e. The second-order valence-corrected chi connectivity index (χ2v) is 7.97. The van der Waals surface area contributed by atoms with E-state index in [1.54, 1.807) is 37.3 Å². The Morgan fingerprint density at radius 2 is 1.89 bits per heavy atom. The molecule has 3 aromatic heterocycles. The van der Waals surface area contributed by atoms with Crippen LogP contribution in [-0.4, -0.2) is 42.0 Å². The third kappa shape index (κ3) is 4.62. The Balaban J connectivity index is 1.44. The number of carbonyl (C=O) groups is 1. The summed E-state index contributed by atoms with van der Waals surface area (Å²) in [6.45, 7) is 1.41. The van der Waals surface area contributed by atoms with Crippen LogP contribution in [0.15, 0.2) is 65.6 Å². The maximum atomic E-state index is 13.0. The number of fused-ring (bicyclic) bond motifs is 1. The van der Waals surface area contributed by atoms with Crippen LogP contribution in [0.5, 0.6) is 5.75 Å². The van der Waals surface area contributed by atoms with Gasteiger partial charge in [-0.25, -0.2) is 9.07 Å². The van der Waals surface area contributed by atoms with Crippen LogP contribution in [0.25, 0.3) is 22.7 Å². The number of benzene rings is 2. The van der Waals surface area contributed by atoms with Crippen molar-refractivity contribution in [1.29, 1.82) is 0 Å². The number of anilines is 1. The van der Waals surface area contributed by atoms with Gasteiger partial charge >= 0.3 is 0 Å². The molecule has 0 saturated heterocycles. The molecule has 3 heterocycles. The Kier molecular flexibility index (Phi) is 5.75. The minimum Gasteiger partial charge on any atom is -0.484 e. The van der Waals surface area contributed by atoms with E-state index in [2.05, 4.69) is 25.5 Å². The van der Waals surface area contributed by atoms with Crippen molar-refractivity contribution in [3.05, 3.63) is 87.7 Å². The molecular formula is C23H17ClFN7O3. The van der Waals surface area contributed by atoms with Crippen LogP contribution in [-0.2, 0) is 4.79 Å². The molecule has 0 aliphatic heterocycles. The summed E-state index contributed by atoms with van der Waals surface area (Å²) in [5.41, 5.74) is 1.12. The summed E-state index contributed by atoms with van der Waals surface area (Å²) in [4.78, 5) is 32.4. The fraction of sp³-hybridized carbons (Fsp3) is 0.0870. The zero-order chi connectivity index (χ0) is 24.5. The number of nitrogens with one attached hydrogen (secondary N) is 2. The molecule has 0 atom stereocenters. The van der Waals surface area contributed by atoms with Crippen molar-refractivity contribution < 1.29 is 13.9 Å². The molecule has 0 aliphatic carbocycles. The summed E-state index contributed by atoms with van der Waals surface area (Å²) in [6, 6.07) is 13.8. The first-order valence-electron chi connectivity index (χ1n) is 10.4. The van der Waals surface area contributed by atoms with Crippen molar-refractivity contribution >= 4 is 34.4 Å². The van der Waals surface area contributed by atoms with Crippen molar-refractivity contribution in [2.75, 3.05) is 11.9 Å². The average Bonchev–Trinajstić information content (AvgIpc) is 3.43. The Labute approximate surface area is 201 Å². The van der Waals surface area contributed by atoms with Gasteiger partial charge in [-0.3, -0.25) is 14.6 Å². The summed E-state index contributed by atoms with van der Waals surface area (Å²) in [5, 5.41) is 12.2. The van der Waals surface area contributed by atoms with Crippen LogP contribution in [0, 0.1) is 12.7 Å². The lowest BCUT2D eigenvalue weighted by molar-refractivity contribution is -0.118. The minimum absolute atomic E-state index is 0.0843. The second kappa shape index (κ2) is 9.03. The van der Waals surface area contributed by atoms with Crippen LogP contribution in [0.2, 0.25) is 5.02 Å². The standard InChI is InChI=1S/C23H17ClFN7O3/c1-13-10-19(27-20(33)12-35-17-8-4-15(25)5-9-17)32(30-13)23-28-21-18(22(34)29-23)11-26-31(21)16-6-2-14(24)3-7-16/h2-11H,12H2,1H3,(H,27,33)(H,28,29,34). The van der Waals surface area contributed by atoms with Gasteiger partial charge in [-0.2, -0.15) is 19.9 Å². The molecule has 35 heavy (non-hydrogen) atoms. The van der Waals surface area contributed by atoms with Gasteiger partial charge in [-0.15, -0.1) is 0 Å². The van der Waals surface area contributed by atoms with E-state index in [1.165, 1.54) is 39.8 Å². The fourth-order valence-electron chi connectivity index (χ4n) is 3.39. The molecule has 1 amide bonds. The van der Waals surface area contributed by atoms with Crippen molar-refractivity contribution in [1.82, 2.24) is 29.5 Å². The second-order valence-electron chi connectivity index (χ2n) is 7.53. The van der Waals surface area contributed by atoms with E-state index in [0.29, 0.717) is 27.8 Å². The van der Waals surface area contributed by atoms with E-state index in [0.717, 1.165) is 0 Å². The number of H-pyrrole nitrogens is 1. The summed E-state index contributed by atoms with van der Waals surface area (Å²) >= 11 is 5.98. The maximum absolute atomic E-state index is 13.0. The molecule has 0 unspecified atom stereocenters. The van der Waals surface area contributed by atoms with E-state index in [1.807, 2.05) is 0 Å². The zero-order valence-electron chi connectivity index (χ0n) is 18.2. The monoisotopic (exact) mass is 493 g/mol. The third-order valence-electron chi connectivity index (χ3n) is 4.98. The number of ether oxygens (including phenoxy) is 1. The highest BCUT2D eigenvalue weighted by Gasteiger charge is 2.17. The SMILES string of the molecule is Cc1cc(NC(=O)COc2ccc(F)cc2)n(-c2nc3c(cnn3-c3ccc(Cl)cc3)c(=O)[nH]2)n1. The number of hydrogen-bond acceptors (Lipinski definition) is 6. The summed E-state index contributed by atoms with van der Waals surface area (Å²) < 4.78 is 21.2. The normalized spacial score (nSPS) is 11.1. The van der Waals surface area contributed by atoms with Gasteiger partial charge in [-0.05, 0) is 55.5 Å². The van der Waals surface area contributed by atoms with Gasteiger partial charge in [0.25, 0.3) is 11.5 Å². The Bertz CT molecular complexity index is 1590. The summed E-state index contributed by atoms with van der Waals surface area (Å²) in [5.74, 6) is -0.184. The number of aryl methyl sites for hydroxylation is 1. The van der Waals surface area contributed by atoms with Crippen molar-refractivity contribution in [3.63, 3.8) is 0 Å². The number of nitrogens with zero attached hydrogens (tertiary/aromatic N) is 5. The van der Waals surface area contributed by atoms with Crippen molar-refractivity contribution in [2.24, 2.45) is 0 Å².